The van der Waals surface area contributed by atoms with E-state index in [2.05, 4.69) is 30.2 Å². The molecule has 1 unspecified atom stereocenters. The number of hydrogen-bond donors (Lipinski definition) is 0. The Morgan fingerprint density at radius 1 is 1.43 bits per heavy atom. The standard InChI is InChI=1S/C16H17BrF2N2O2/c1-9-7-11(3-4-13(9)23-16(18)19)15-20-14(17)12-5-6-22-10(2)8-21(12)15/h3-4,7,10,16H,5-6,8H2,1-2H3. The van der Waals surface area contributed by atoms with E-state index in [4.69, 9.17) is 4.74 Å². The number of hydrogen-bond acceptors (Lipinski definition) is 3. The molecule has 0 aliphatic carbocycles. The highest BCUT2D eigenvalue weighted by molar-refractivity contribution is 9.10. The van der Waals surface area contributed by atoms with Crippen LogP contribution in [0.3, 0.4) is 0 Å². The molecule has 0 bridgehead atoms. The van der Waals surface area contributed by atoms with Gasteiger partial charge in [0.05, 0.1) is 24.9 Å². The fourth-order valence-electron chi connectivity index (χ4n) is 2.80. The average molecular weight is 387 g/mol. The van der Waals surface area contributed by atoms with Crippen LogP contribution in [0.25, 0.3) is 11.4 Å². The summed E-state index contributed by atoms with van der Waals surface area (Å²) in [5.74, 6) is 0.984. The van der Waals surface area contributed by atoms with Crippen LogP contribution in [0, 0.1) is 6.92 Å². The average Bonchev–Trinajstić information content (AvgIpc) is 2.67. The van der Waals surface area contributed by atoms with Gasteiger partial charge in [-0.3, -0.25) is 0 Å². The van der Waals surface area contributed by atoms with Crippen LogP contribution >= 0.6 is 15.9 Å². The Labute approximate surface area is 141 Å². The van der Waals surface area contributed by atoms with E-state index in [9.17, 15) is 8.78 Å². The first-order chi connectivity index (χ1) is 11.0. The summed E-state index contributed by atoms with van der Waals surface area (Å²) >= 11 is 3.51. The molecule has 1 aromatic heterocycles. The molecule has 0 radical (unpaired) electrons. The lowest BCUT2D eigenvalue weighted by Gasteiger charge is -2.14. The summed E-state index contributed by atoms with van der Waals surface area (Å²) in [7, 11) is 0. The van der Waals surface area contributed by atoms with Gasteiger partial charge in [0.2, 0.25) is 0 Å². The second-order valence-corrected chi connectivity index (χ2v) is 6.32. The number of fused-ring (bicyclic) bond motifs is 1. The minimum atomic E-state index is -2.82. The van der Waals surface area contributed by atoms with E-state index >= 15 is 0 Å². The molecule has 2 aromatic rings. The fraction of sp³-hybridized carbons (Fsp3) is 0.438. The summed E-state index contributed by atoms with van der Waals surface area (Å²) in [5.41, 5.74) is 2.61. The molecule has 23 heavy (non-hydrogen) atoms. The Hall–Kier alpha value is -1.47. The Morgan fingerprint density at radius 3 is 2.91 bits per heavy atom. The van der Waals surface area contributed by atoms with Crippen molar-refractivity contribution in [3.05, 3.63) is 34.1 Å². The third-order valence-electron chi connectivity index (χ3n) is 3.85. The van der Waals surface area contributed by atoms with Crippen LogP contribution in [0.4, 0.5) is 8.78 Å². The molecule has 0 spiro atoms. The molecule has 2 heterocycles. The summed E-state index contributed by atoms with van der Waals surface area (Å²) in [6.07, 6.45) is 0.877. The molecular formula is C16H17BrF2N2O2. The third kappa shape index (κ3) is 3.40. The van der Waals surface area contributed by atoms with Crippen molar-refractivity contribution in [1.29, 1.82) is 0 Å². The Bertz CT molecular complexity index is 718. The topological polar surface area (TPSA) is 36.3 Å². The largest absolute Gasteiger partial charge is 0.435 e. The number of rotatable bonds is 3. The van der Waals surface area contributed by atoms with Gasteiger partial charge in [-0.25, -0.2) is 4.98 Å². The highest BCUT2D eigenvalue weighted by Crippen LogP contribution is 2.31. The number of ether oxygens (including phenoxy) is 2. The van der Waals surface area contributed by atoms with Crippen LogP contribution in [0.2, 0.25) is 0 Å². The van der Waals surface area contributed by atoms with E-state index in [1.807, 2.05) is 13.0 Å². The van der Waals surface area contributed by atoms with Gasteiger partial charge in [-0.15, -0.1) is 0 Å². The smallest absolute Gasteiger partial charge is 0.387 e. The summed E-state index contributed by atoms with van der Waals surface area (Å²) in [5, 5.41) is 0. The Kier molecular flexibility index (Phi) is 4.68. The summed E-state index contributed by atoms with van der Waals surface area (Å²) in [6.45, 7) is 2.31. The first kappa shape index (κ1) is 16.4. The monoisotopic (exact) mass is 386 g/mol. The number of alkyl halides is 2. The van der Waals surface area contributed by atoms with Gasteiger partial charge in [0.15, 0.2) is 0 Å². The van der Waals surface area contributed by atoms with Gasteiger partial charge in [-0.2, -0.15) is 8.78 Å². The van der Waals surface area contributed by atoms with Crippen LogP contribution in [-0.4, -0.2) is 28.9 Å². The third-order valence-corrected chi connectivity index (χ3v) is 4.49. The van der Waals surface area contributed by atoms with E-state index in [1.54, 1.807) is 19.1 Å². The number of imidazole rings is 1. The number of benzene rings is 1. The molecule has 1 aliphatic heterocycles. The minimum Gasteiger partial charge on any atom is -0.435 e. The van der Waals surface area contributed by atoms with E-state index in [0.29, 0.717) is 18.7 Å². The van der Waals surface area contributed by atoms with Gasteiger partial charge in [0, 0.05) is 12.0 Å². The molecule has 0 amide bonds. The Morgan fingerprint density at radius 2 is 2.22 bits per heavy atom. The van der Waals surface area contributed by atoms with Gasteiger partial charge < -0.3 is 14.0 Å². The molecule has 0 N–H and O–H groups in total. The maximum Gasteiger partial charge on any atom is 0.387 e. The second kappa shape index (κ2) is 6.57. The highest BCUT2D eigenvalue weighted by atomic mass is 79.9. The fourth-order valence-corrected chi connectivity index (χ4v) is 3.38. The molecule has 1 aromatic carbocycles. The molecular weight excluding hydrogens is 370 g/mol. The van der Waals surface area contributed by atoms with E-state index in [1.165, 1.54) is 0 Å². The lowest BCUT2D eigenvalue weighted by atomic mass is 10.1. The number of nitrogens with zero attached hydrogens (tertiary/aromatic N) is 2. The quantitative estimate of drug-likeness (QED) is 0.793. The highest BCUT2D eigenvalue weighted by Gasteiger charge is 2.22. The minimum absolute atomic E-state index is 0.0960. The van der Waals surface area contributed by atoms with Crippen LogP contribution in [0.1, 0.15) is 18.2 Å². The lowest BCUT2D eigenvalue weighted by Crippen LogP contribution is -2.15. The summed E-state index contributed by atoms with van der Waals surface area (Å²) in [6, 6.07) is 5.13. The van der Waals surface area contributed by atoms with Gasteiger partial charge in [-0.1, -0.05) is 0 Å². The van der Waals surface area contributed by atoms with Crippen LogP contribution in [0.15, 0.2) is 22.8 Å². The van der Waals surface area contributed by atoms with Crippen molar-refractivity contribution in [2.75, 3.05) is 6.61 Å². The number of halogens is 3. The summed E-state index contributed by atoms with van der Waals surface area (Å²) < 4.78 is 37.9. The molecule has 1 aliphatic rings. The normalized spacial score (nSPS) is 17.9. The summed E-state index contributed by atoms with van der Waals surface area (Å²) in [4.78, 5) is 4.61. The maximum atomic E-state index is 12.4. The van der Waals surface area contributed by atoms with Gasteiger partial charge in [0.25, 0.3) is 0 Å². The number of aromatic nitrogens is 2. The molecule has 7 heteroatoms. The molecule has 3 rings (SSSR count). The molecule has 124 valence electrons. The second-order valence-electron chi connectivity index (χ2n) is 5.57. The zero-order valence-electron chi connectivity index (χ0n) is 12.9. The molecule has 4 nitrogen and oxygen atoms in total. The van der Waals surface area contributed by atoms with E-state index < -0.39 is 6.61 Å². The van der Waals surface area contributed by atoms with Crippen molar-refractivity contribution in [2.24, 2.45) is 0 Å². The number of aryl methyl sites for hydroxylation is 1. The van der Waals surface area contributed by atoms with E-state index in [0.717, 1.165) is 28.1 Å². The Balaban J connectivity index is 2.01. The van der Waals surface area contributed by atoms with Crippen molar-refractivity contribution in [3.8, 4) is 17.1 Å². The van der Waals surface area contributed by atoms with Gasteiger partial charge in [-0.05, 0) is 53.5 Å². The van der Waals surface area contributed by atoms with Crippen LogP contribution in [0.5, 0.6) is 5.75 Å². The van der Waals surface area contributed by atoms with Crippen molar-refractivity contribution < 1.29 is 18.3 Å². The zero-order chi connectivity index (χ0) is 16.6. The van der Waals surface area contributed by atoms with Crippen molar-refractivity contribution in [1.82, 2.24) is 9.55 Å². The van der Waals surface area contributed by atoms with Crippen molar-refractivity contribution >= 4 is 15.9 Å². The maximum absolute atomic E-state index is 12.4. The SMILES string of the molecule is Cc1cc(-c2nc(Br)c3n2CC(C)OCC3)ccc1OC(F)F. The van der Waals surface area contributed by atoms with Crippen LogP contribution < -0.4 is 4.74 Å². The molecule has 0 saturated carbocycles. The van der Waals surface area contributed by atoms with E-state index in [-0.39, 0.29) is 11.9 Å². The lowest BCUT2D eigenvalue weighted by molar-refractivity contribution is -0.0502. The first-order valence-corrected chi connectivity index (χ1v) is 8.17. The molecule has 0 saturated heterocycles. The van der Waals surface area contributed by atoms with Crippen LogP contribution in [-0.2, 0) is 17.7 Å². The predicted molar refractivity (Wildman–Crippen MR) is 85.9 cm³/mol. The van der Waals surface area contributed by atoms with Gasteiger partial charge in [0.1, 0.15) is 16.2 Å². The van der Waals surface area contributed by atoms with Gasteiger partial charge >= 0.3 is 6.61 Å². The first-order valence-electron chi connectivity index (χ1n) is 7.38. The molecule has 1 atom stereocenters. The predicted octanol–water partition coefficient (Wildman–Crippen LogP) is 4.18. The zero-order valence-corrected chi connectivity index (χ0v) is 14.4. The van der Waals surface area contributed by atoms with Crippen molar-refractivity contribution in [3.63, 3.8) is 0 Å². The van der Waals surface area contributed by atoms with Crippen molar-refractivity contribution in [2.45, 2.75) is 39.5 Å². The molecule has 0 fully saturated rings.